The highest BCUT2D eigenvalue weighted by atomic mass is 19.1. The molecule has 0 amide bonds. The molecule has 0 saturated heterocycles. The Morgan fingerprint density at radius 2 is 1.88 bits per heavy atom. The van der Waals surface area contributed by atoms with Gasteiger partial charge in [0.1, 0.15) is 11.6 Å². The molecule has 1 aliphatic carbocycles. The molecule has 1 aromatic carbocycles. The van der Waals surface area contributed by atoms with Crippen LogP contribution in [0.4, 0.5) is 14.6 Å². The predicted molar refractivity (Wildman–Crippen MR) is 89.3 cm³/mol. The Kier molecular flexibility index (Phi) is 2.85. The lowest BCUT2D eigenvalue weighted by Crippen LogP contribution is -2.06. The van der Waals surface area contributed by atoms with Crippen LogP contribution in [0.1, 0.15) is 12.8 Å². The van der Waals surface area contributed by atoms with Gasteiger partial charge in [0, 0.05) is 30.8 Å². The predicted octanol–water partition coefficient (Wildman–Crippen LogP) is 3.14. The van der Waals surface area contributed by atoms with Crippen LogP contribution in [-0.2, 0) is 7.05 Å². The van der Waals surface area contributed by atoms with E-state index >= 15 is 0 Å². The number of fused-ring (bicyclic) bond motifs is 3. The standard InChI is InChI=1S/C17H14F2N6/c1-24-8-20-15-16(21-12-2-3-12)22-14-7-13(23-25(14)17(15)24)9-4-10(18)6-11(19)5-9/h4-8,12H,2-3H2,1H3,(H,21,22). The first-order valence-electron chi connectivity index (χ1n) is 8.02. The Labute approximate surface area is 141 Å². The molecule has 0 radical (unpaired) electrons. The molecule has 1 saturated carbocycles. The maximum Gasteiger partial charge on any atom is 0.167 e. The van der Waals surface area contributed by atoms with E-state index in [0.717, 1.165) is 30.1 Å². The SMILES string of the molecule is Cn1cnc2c(NC3CC3)nc3cc(-c4cc(F)cc(F)c4)nn3c21. The van der Waals surface area contributed by atoms with Gasteiger partial charge in [-0.1, -0.05) is 0 Å². The number of hydrogen-bond donors (Lipinski definition) is 1. The van der Waals surface area contributed by atoms with Crippen molar-refractivity contribution in [2.45, 2.75) is 18.9 Å². The molecule has 25 heavy (non-hydrogen) atoms. The van der Waals surface area contributed by atoms with Crippen LogP contribution in [0.15, 0.2) is 30.6 Å². The summed E-state index contributed by atoms with van der Waals surface area (Å²) in [7, 11) is 1.87. The highest BCUT2D eigenvalue weighted by molar-refractivity contribution is 5.86. The second kappa shape index (κ2) is 4.98. The van der Waals surface area contributed by atoms with E-state index in [9.17, 15) is 8.78 Å². The zero-order valence-electron chi connectivity index (χ0n) is 13.4. The summed E-state index contributed by atoms with van der Waals surface area (Å²) in [6.45, 7) is 0. The molecule has 0 bridgehead atoms. The number of aromatic nitrogens is 5. The quantitative estimate of drug-likeness (QED) is 0.622. The second-order valence-corrected chi connectivity index (χ2v) is 6.36. The number of benzene rings is 1. The number of anilines is 1. The smallest absolute Gasteiger partial charge is 0.167 e. The number of nitrogens with one attached hydrogen (secondary N) is 1. The monoisotopic (exact) mass is 340 g/mol. The number of rotatable bonds is 3. The van der Waals surface area contributed by atoms with Gasteiger partial charge in [-0.25, -0.2) is 18.7 Å². The Morgan fingerprint density at radius 1 is 1.12 bits per heavy atom. The lowest BCUT2D eigenvalue weighted by atomic mass is 10.1. The lowest BCUT2D eigenvalue weighted by Gasteiger charge is -2.06. The van der Waals surface area contributed by atoms with Crippen LogP contribution in [0.2, 0.25) is 0 Å². The average molecular weight is 340 g/mol. The van der Waals surface area contributed by atoms with Crippen molar-refractivity contribution < 1.29 is 8.78 Å². The molecule has 3 aromatic heterocycles. The van der Waals surface area contributed by atoms with Crippen molar-refractivity contribution in [3.63, 3.8) is 0 Å². The topological polar surface area (TPSA) is 60.0 Å². The van der Waals surface area contributed by atoms with Crippen LogP contribution in [0.3, 0.4) is 0 Å². The highest BCUT2D eigenvalue weighted by Gasteiger charge is 2.24. The number of nitrogens with zero attached hydrogens (tertiary/aromatic N) is 5. The van der Waals surface area contributed by atoms with E-state index in [1.807, 2.05) is 11.6 Å². The summed E-state index contributed by atoms with van der Waals surface area (Å²) < 4.78 is 30.6. The number of aryl methyl sites for hydroxylation is 1. The molecule has 0 atom stereocenters. The summed E-state index contributed by atoms with van der Waals surface area (Å²) in [5.41, 5.74) is 2.92. The molecular formula is C17H14F2N6. The van der Waals surface area contributed by atoms with E-state index in [4.69, 9.17) is 0 Å². The van der Waals surface area contributed by atoms with Crippen molar-refractivity contribution in [3.8, 4) is 11.3 Å². The lowest BCUT2D eigenvalue weighted by molar-refractivity contribution is 0.584. The largest absolute Gasteiger partial charge is 0.365 e. The number of halogens is 2. The fourth-order valence-corrected chi connectivity index (χ4v) is 2.98. The first-order valence-corrected chi connectivity index (χ1v) is 8.02. The zero-order valence-corrected chi connectivity index (χ0v) is 13.4. The van der Waals surface area contributed by atoms with E-state index < -0.39 is 11.6 Å². The van der Waals surface area contributed by atoms with Gasteiger partial charge >= 0.3 is 0 Å². The molecule has 1 aliphatic rings. The fourth-order valence-electron chi connectivity index (χ4n) is 2.98. The van der Waals surface area contributed by atoms with Crippen molar-refractivity contribution in [2.75, 3.05) is 5.32 Å². The third-order valence-corrected chi connectivity index (χ3v) is 4.32. The van der Waals surface area contributed by atoms with Crippen molar-refractivity contribution in [2.24, 2.45) is 7.05 Å². The minimum Gasteiger partial charge on any atom is -0.365 e. The molecule has 1 fully saturated rings. The molecule has 4 aromatic rings. The van der Waals surface area contributed by atoms with Crippen molar-refractivity contribution in [1.82, 2.24) is 24.1 Å². The molecule has 126 valence electrons. The number of hydrogen-bond acceptors (Lipinski definition) is 4. The van der Waals surface area contributed by atoms with Gasteiger partial charge < -0.3 is 9.88 Å². The van der Waals surface area contributed by atoms with E-state index in [0.29, 0.717) is 28.8 Å². The van der Waals surface area contributed by atoms with Gasteiger partial charge in [-0.05, 0) is 25.0 Å². The Bertz CT molecular complexity index is 1110. The first kappa shape index (κ1) is 14.3. The van der Waals surface area contributed by atoms with Crippen molar-refractivity contribution in [1.29, 1.82) is 0 Å². The summed E-state index contributed by atoms with van der Waals surface area (Å²) >= 11 is 0. The summed E-state index contributed by atoms with van der Waals surface area (Å²) in [6, 6.07) is 5.51. The van der Waals surface area contributed by atoms with Crippen LogP contribution in [-0.4, -0.2) is 30.2 Å². The molecule has 0 spiro atoms. The molecular weight excluding hydrogens is 326 g/mol. The second-order valence-electron chi connectivity index (χ2n) is 6.36. The highest BCUT2D eigenvalue weighted by Crippen LogP contribution is 2.30. The molecule has 8 heteroatoms. The van der Waals surface area contributed by atoms with Gasteiger partial charge in [0.15, 0.2) is 22.6 Å². The van der Waals surface area contributed by atoms with Crippen LogP contribution >= 0.6 is 0 Å². The van der Waals surface area contributed by atoms with E-state index in [-0.39, 0.29) is 0 Å². The minimum atomic E-state index is -0.637. The summed E-state index contributed by atoms with van der Waals surface area (Å²) in [5, 5.41) is 7.88. The third-order valence-electron chi connectivity index (χ3n) is 4.32. The van der Waals surface area contributed by atoms with Crippen molar-refractivity contribution >= 4 is 22.6 Å². The zero-order chi connectivity index (χ0) is 17.1. The van der Waals surface area contributed by atoms with E-state index in [1.165, 1.54) is 12.1 Å². The number of imidazole rings is 1. The first-order chi connectivity index (χ1) is 12.1. The summed E-state index contributed by atoms with van der Waals surface area (Å²) in [4.78, 5) is 9.03. The van der Waals surface area contributed by atoms with Gasteiger partial charge in [-0.2, -0.15) is 9.61 Å². The molecule has 0 aliphatic heterocycles. The fraction of sp³-hybridized carbons (Fsp3) is 0.235. The molecule has 3 heterocycles. The van der Waals surface area contributed by atoms with Gasteiger partial charge in [0.05, 0.1) is 12.0 Å². The maximum atomic E-state index is 13.5. The van der Waals surface area contributed by atoms with Crippen LogP contribution < -0.4 is 5.32 Å². The Balaban J connectivity index is 1.75. The maximum absolute atomic E-state index is 13.5. The van der Waals surface area contributed by atoms with E-state index in [1.54, 1.807) is 16.9 Å². The van der Waals surface area contributed by atoms with Gasteiger partial charge in [-0.3, -0.25) is 0 Å². The van der Waals surface area contributed by atoms with Crippen molar-refractivity contribution in [3.05, 3.63) is 42.2 Å². The Hall–Kier alpha value is -3.03. The van der Waals surface area contributed by atoms with Gasteiger partial charge in [0.25, 0.3) is 0 Å². The summed E-state index contributed by atoms with van der Waals surface area (Å²) in [5.74, 6) is -0.564. The summed E-state index contributed by atoms with van der Waals surface area (Å²) in [6.07, 6.45) is 3.94. The Morgan fingerprint density at radius 3 is 2.60 bits per heavy atom. The third kappa shape index (κ3) is 2.33. The molecule has 6 nitrogen and oxygen atoms in total. The average Bonchev–Trinajstić information content (AvgIpc) is 3.13. The van der Waals surface area contributed by atoms with Crippen LogP contribution in [0, 0.1) is 11.6 Å². The molecule has 5 rings (SSSR count). The normalized spacial score (nSPS) is 14.5. The van der Waals surface area contributed by atoms with E-state index in [2.05, 4.69) is 20.4 Å². The van der Waals surface area contributed by atoms with Crippen LogP contribution in [0.25, 0.3) is 28.1 Å². The molecule has 1 N–H and O–H groups in total. The van der Waals surface area contributed by atoms with Gasteiger partial charge in [-0.15, -0.1) is 0 Å². The minimum absolute atomic E-state index is 0.370. The van der Waals surface area contributed by atoms with Gasteiger partial charge in [0.2, 0.25) is 0 Å². The molecule has 0 unspecified atom stereocenters. The van der Waals surface area contributed by atoms with Crippen LogP contribution in [0.5, 0.6) is 0 Å².